The van der Waals surface area contributed by atoms with Crippen LogP contribution in [0.2, 0.25) is 5.02 Å². The van der Waals surface area contributed by atoms with Crippen LogP contribution in [0.3, 0.4) is 0 Å². The largest absolute Gasteiger partial charge is 0.339 e. The van der Waals surface area contributed by atoms with Gasteiger partial charge < -0.3 is 16.5 Å². The van der Waals surface area contributed by atoms with E-state index in [2.05, 4.69) is 11.1 Å². The van der Waals surface area contributed by atoms with Gasteiger partial charge in [0, 0.05) is 28.1 Å². The van der Waals surface area contributed by atoms with Gasteiger partial charge in [-0.25, -0.2) is 4.98 Å². The highest BCUT2D eigenvalue weighted by molar-refractivity contribution is 6.30. The third-order valence-corrected chi connectivity index (χ3v) is 4.94. The van der Waals surface area contributed by atoms with Crippen LogP contribution < -0.4 is 16.6 Å². The highest BCUT2D eigenvalue weighted by Gasteiger charge is 2.18. The van der Waals surface area contributed by atoms with Gasteiger partial charge >= 0.3 is 0 Å². The molecule has 1 aromatic heterocycles. The van der Waals surface area contributed by atoms with Crippen molar-refractivity contribution in [1.29, 1.82) is 5.41 Å². The number of halogens is 1. The van der Waals surface area contributed by atoms with Crippen LogP contribution >= 0.6 is 11.6 Å². The van der Waals surface area contributed by atoms with Gasteiger partial charge in [0.2, 0.25) is 0 Å². The van der Waals surface area contributed by atoms with Gasteiger partial charge in [0.1, 0.15) is 23.5 Å². The Kier molecular flexibility index (Phi) is 7.86. The maximum atomic E-state index is 13.5. The average molecular weight is 460 g/mol. The van der Waals surface area contributed by atoms with Crippen molar-refractivity contribution in [3.63, 3.8) is 0 Å². The molecule has 0 bridgehead atoms. The molecule has 0 amide bonds. The first-order valence-electron chi connectivity index (χ1n) is 9.99. The summed E-state index contributed by atoms with van der Waals surface area (Å²) in [6.45, 7) is 0. The van der Waals surface area contributed by atoms with Gasteiger partial charge in [-0.05, 0) is 43.4 Å². The number of nitrogens with two attached hydrogens (primary N) is 1. The highest BCUT2D eigenvalue weighted by atomic mass is 35.5. The Bertz CT molecular complexity index is 1300. The zero-order chi connectivity index (χ0) is 23.8. The molecule has 0 aliphatic rings. The summed E-state index contributed by atoms with van der Waals surface area (Å²) in [6, 6.07) is 22.9. The number of carbonyl (C=O) groups excluding carboxylic acids is 1. The number of nitrogens with one attached hydrogen (secondary N) is 2. The van der Waals surface area contributed by atoms with E-state index in [1.807, 2.05) is 30.3 Å². The van der Waals surface area contributed by atoms with Crippen molar-refractivity contribution in [3.05, 3.63) is 105 Å². The molecule has 0 aliphatic carbocycles. The molecule has 0 saturated carbocycles. The third-order valence-electron chi connectivity index (χ3n) is 4.69. The Morgan fingerprint density at radius 2 is 1.61 bits per heavy atom. The second kappa shape index (κ2) is 11.0. The van der Waals surface area contributed by atoms with Gasteiger partial charge in [-0.1, -0.05) is 54.1 Å². The Morgan fingerprint density at radius 3 is 2.18 bits per heavy atom. The lowest BCUT2D eigenvalue weighted by Gasteiger charge is -2.17. The number of para-hydroxylation sites is 1. The molecule has 0 saturated heterocycles. The number of aromatic nitrogens is 2. The van der Waals surface area contributed by atoms with Crippen molar-refractivity contribution in [1.82, 2.24) is 9.55 Å². The summed E-state index contributed by atoms with van der Waals surface area (Å²) in [5.41, 5.74) is 6.68. The summed E-state index contributed by atoms with van der Waals surface area (Å²) >= 11 is 6.02. The predicted octanol–water partition coefficient (Wildman–Crippen LogP) is 4.68. The van der Waals surface area contributed by atoms with Gasteiger partial charge in [-0.15, -0.1) is 0 Å². The van der Waals surface area contributed by atoms with Crippen LogP contribution in [0.1, 0.15) is 15.9 Å². The second-order valence-corrected chi connectivity index (χ2v) is 7.13. The van der Waals surface area contributed by atoms with Gasteiger partial charge in [-0.2, -0.15) is 0 Å². The fraction of sp³-hybridized carbons (Fsp3) is 0.0400. The molecule has 0 atom stereocenters. The topological polar surface area (TPSA) is 114 Å². The lowest BCUT2D eigenvalue weighted by atomic mass is 10.1. The fourth-order valence-electron chi connectivity index (χ4n) is 3.15. The standard InChI is InChI=1S/C24H17ClN4O2.CH5N/c25-18-10-12-20(13-11-18)29-23(17-8-6-16(15-30)7-9-17)28-22(21(14-26)24(29)31)27-19-4-2-1-3-5-19;1-2/h1-15,26-27H;2H2,1H3. The molecule has 0 radical (unpaired) electrons. The molecule has 4 rings (SSSR count). The quantitative estimate of drug-likeness (QED) is 0.286. The van der Waals surface area contributed by atoms with Crippen molar-refractivity contribution in [2.75, 3.05) is 12.4 Å². The van der Waals surface area contributed by atoms with Crippen molar-refractivity contribution in [3.8, 4) is 17.1 Å². The summed E-state index contributed by atoms with van der Waals surface area (Å²) < 4.78 is 1.43. The molecule has 1 heterocycles. The lowest BCUT2D eigenvalue weighted by Crippen LogP contribution is -2.26. The zero-order valence-corrected chi connectivity index (χ0v) is 18.6. The zero-order valence-electron chi connectivity index (χ0n) is 17.8. The average Bonchev–Trinajstić information content (AvgIpc) is 2.87. The van der Waals surface area contributed by atoms with Crippen molar-refractivity contribution in [2.24, 2.45) is 5.73 Å². The van der Waals surface area contributed by atoms with Crippen molar-refractivity contribution < 1.29 is 4.79 Å². The van der Waals surface area contributed by atoms with E-state index >= 15 is 0 Å². The van der Waals surface area contributed by atoms with Crippen LogP contribution in [0.15, 0.2) is 83.7 Å². The smallest absolute Gasteiger partial charge is 0.269 e. The molecule has 3 aromatic carbocycles. The van der Waals surface area contributed by atoms with Gasteiger partial charge in [-0.3, -0.25) is 14.2 Å². The van der Waals surface area contributed by atoms with Gasteiger partial charge in [0.15, 0.2) is 0 Å². The molecular formula is C25H22ClN5O2. The normalized spacial score (nSPS) is 10.0. The Balaban J connectivity index is 0.00000149. The maximum absolute atomic E-state index is 13.5. The van der Waals surface area contributed by atoms with E-state index in [-0.39, 0.29) is 11.4 Å². The van der Waals surface area contributed by atoms with Crippen LogP contribution in [0, 0.1) is 5.41 Å². The van der Waals surface area contributed by atoms with E-state index in [1.165, 1.54) is 11.6 Å². The SMILES string of the molecule is CN.N=Cc1c(Nc2ccccc2)nc(-c2ccc(C=O)cc2)n(-c2ccc(Cl)cc2)c1=O. The molecule has 166 valence electrons. The Hall–Kier alpha value is -4.07. The number of benzene rings is 3. The highest BCUT2D eigenvalue weighted by Crippen LogP contribution is 2.25. The molecule has 8 heteroatoms. The van der Waals surface area contributed by atoms with Crippen molar-refractivity contribution in [2.45, 2.75) is 0 Å². The summed E-state index contributed by atoms with van der Waals surface area (Å²) in [4.78, 5) is 29.2. The van der Waals surface area contributed by atoms with E-state index in [1.54, 1.807) is 48.5 Å². The Morgan fingerprint density at radius 1 is 0.970 bits per heavy atom. The van der Waals surface area contributed by atoms with Crippen LogP contribution in [-0.4, -0.2) is 29.1 Å². The van der Waals surface area contributed by atoms with Crippen LogP contribution in [0.4, 0.5) is 11.5 Å². The molecular weight excluding hydrogens is 438 g/mol. The molecule has 4 N–H and O–H groups in total. The third kappa shape index (κ3) is 5.23. The first kappa shape index (κ1) is 23.6. The monoisotopic (exact) mass is 459 g/mol. The summed E-state index contributed by atoms with van der Waals surface area (Å²) in [7, 11) is 1.50. The van der Waals surface area contributed by atoms with E-state index in [0.717, 1.165) is 18.2 Å². The predicted molar refractivity (Wildman–Crippen MR) is 133 cm³/mol. The van der Waals surface area contributed by atoms with Gasteiger partial charge in [0.25, 0.3) is 5.56 Å². The lowest BCUT2D eigenvalue weighted by molar-refractivity contribution is 0.112. The Labute approximate surface area is 196 Å². The first-order chi connectivity index (χ1) is 16.1. The van der Waals surface area contributed by atoms with Crippen LogP contribution in [0.25, 0.3) is 17.1 Å². The molecule has 0 unspecified atom stereocenters. The van der Waals surface area contributed by atoms with E-state index in [4.69, 9.17) is 22.0 Å². The van der Waals surface area contributed by atoms with Crippen molar-refractivity contribution >= 4 is 35.6 Å². The van der Waals surface area contributed by atoms with Crippen LogP contribution in [0.5, 0.6) is 0 Å². The molecule has 0 fully saturated rings. The number of anilines is 2. The minimum Gasteiger partial charge on any atom is -0.339 e. The van der Waals surface area contributed by atoms with E-state index in [0.29, 0.717) is 27.7 Å². The van der Waals surface area contributed by atoms with E-state index in [9.17, 15) is 9.59 Å². The summed E-state index contributed by atoms with van der Waals surface area (Å²) in [6.07, 6.45) is 1.75. The van der Waals surface area contributed by atoms with Crippen LogP contribution in [-0.2, 0) is 0 Å². The number of aldehydes is 1. The number of hydrogen-bond acceptors (Lipinski definition) is 6. The van der Waals surface area contributed by atoms with E-state index < -0.39 is 5.56 Å². The number of rotatable bonds is 6. The molecule has 0 aliphatic heterocycles. The molecule has 33 heavy (non-hydrogen) atoms. The summed E-state index contributed by atoms with van der Waals surface area (Å²) in [5, 5.41) is 11.5. The first-order valence-corrected chi connectivity index (χ1v) is 10.4. The number of nitrogens with zero attached hydrogens (tertiary/aromatic N) is 2. The van der Waals surface area contributed by atoms with Gasteiger partial charge in [0.05, 0.1) is 5.69 Å². The second-order valence-electron chi connectivity index (χ2n) is 6.69. The molecule has 4 aromatic rings. The molecule has 0 spiro atoms. The maximum Gasteiger partial charge on any atom is 0.269 e. The molecule has 7 nitrogen and oxygen atoms in total. The number of hydrogen-bond donors (Lipinski definition) is 3. The fourth-order valence-corrected chi connectivity index (χ4v) is 3.28. The summed E-state index contributed by atoms with van der Waals surface area (Å²) in [5.74, 6) is 0.639. The minimum atomic E-state index is -0.403. The number of carbonyl (C=O) groups is 1. The minimum absolute atomic E-state index is 0.118.